The summed E-state index contributed by atoms with van der Waals surface area (Å²) in [5.41, 5.74) is 1.74. The molecule has 3 aromatic rings. The van der Waals surface area contributed by atoms with Gasteiger partial charge in [0.15, 0.2) is 5.17 Å². The summed E-state index contributed by atoms with van der Waals surface area (Å²) in [5.74, 6) is 0.470. The van der Waals surface area contributed by atoms with Gasteiger partial charge in [-0.3, -0.25) is 9.69 Å². The fourth-order valence-electron chi connectivity index (χ4n) is 2.95. The number of nitrogens with zero attached hydrogens (tertiary/aromatic N) is 2. The molecule has 162 valence electrons. The highest BCUT2D eigenvalue weighted by molar-refractivity contribution is 8.18. The summed E-state index contributed by atoms with van der Waals surface area (Å²) >= 11 is 13.4. The second-order valence-corrected chi connectivity index (χ2v) is 8.59. The van der Waals surface area contributed by atoms with Gasteiger partial charge in [0.25, 0.3) is 5.91 Å². The van der Waals surface area contributed by atoms with Crippen LogP contribution in [0.4, 0.5) is 5.69 Å². The van der Waals surface area contributed by atoms with Gasteiger partial charge in [-0.2, -0.15) is 0 Å². The number of carbonyl (C=O) groups is 2. The van der Waals surface area contributed by atoms with Crippen LogP contribution in [-0.2, 0) is 9.53 Å². The maximum atomic E-state index is 12.7. The van der Waals surface area contributed by atoms with E-state index in [2.05, 4.69) is 4.99 Å². The van der Waals surface area contributed by atoms with Gasteiger partial charge < -0.3 is 9.15 Å². The number of hydrogen-bond acceptors (Lipinski definition) is 6. The van der Waals surface area contributed by atoms with E-state index in [-0.39, 0.29) is 5.91 Å². The molecule has 0 saturated carbocycles. The normalized spacial score (nSPS) is 16.2. The average Bonchev–Trinajstić information content (AvgIpc) is 3.34. The van der Waals surface area contributed by atoms with Crippen molar-refractivity contribution in [1.29, 1.82) is 0 Å². The van der Waals surface area contributed by atoms with Crippen molar-refractivity contribution in [3.8, 4) is 11.3 Å². The van der Waals surface area contributed by atoms with E-state index in [9.17, 15) is 9.59 Å². The summed E-state index contributed by atoms with van der Waals surface area (Å²) in [4.78, 5) is 30.7. The summed E-state index contributed by atoms with van der Waals surface area (Å²) in [5, 5.41) is 1.53. The molecule has 0 unspecified atom stereocenters. The topological polar surface area (TPSA) is 72.1 Å². The predicted octanol–water partition coefficient (Wildman–Crippen LogP) is 6.27. The highest BCUT2D eigenvalue weighted by Gasteiger charge is 2.30. The Balaban J connectivity index is 1.56. The van der Waals surface area contributed by atoms with Crippen molar-refractivity contribution >= 4 is 63.8 Å². The Bertz CT molecular complexity index is 1270. The number of benzene rings is 2. The number of amidine groups is 1. The summed E-state index contributed by atoms with van der Waals surface area (Å²) in [7, 11) is 2.98. The van der Waals surface area contributed by atoms with Crippen LogP contribution in [0.2, 0.25) is 10.0 Å². The van der Waals surface area contributed by atoms with Crippen molar-refractivity contribution in [2.45, 2.75) is 0 Å². The minimum Gasteiger partial charge on any atom is -0.465 e. The zero-order chi connectivity index (χ0) is 22.8. The van der Waals surface area contributed by atoms with Gasteiger partial charge in [0, 0.05) is 23.7 Å². The number of likely N-dealkylation sites (N-methyl/N-ethyl adjacent to an activating group) is 1. The van der Waals surface area contributed by atoms with Gasteiger partial charge in [-0.25, -0.2) is 9.79 Å². The van der Waals surface area contributed by atoms with Gasteiger partial charge in [0.1, 0.15) is 11.5 Å². The van der Waals surface area contributed by atoms with E-state index in [1.54, 1.807) is 67.7 Å². The van der Waals surface area contributed by atoms with Crippen molar-refractivity contribution in [2.75, 3.05) is 14.2 Å². The van der Waals surface area contributed by atoms with E-state index >= 15 is 0 Å². The van der Waals surface area contributed by atoms with Crippen LogP contribution in [0.25, 0.3) is 17.4 Å². The van der Waals surface area contributed by atoms with Gasteiger partial charge in [-0.15, -0.1) is 0 Å². The molecule has 1 saturated heterocycles. The van der Waals surface area contributed by atoms with Crippen molar-refractivity contribution < 1.29 is 18.7 Å². The van der Waals surface area contributed by atoms with Crippen LogP contribution in [0.5, 0.6) is 0 Å². The highest BCUT2D eigenvalue weighted by Crippen LogP contribution is 2.35. The number of rotatable bonds is 4. The van der Waals surface area contributed by atoms with Crippen molar-refractivity contribution in [3.05, 3.63) is 80.9 Å². The van der Waals surface area contributed by atoms with E-state index in [1.165, 1.54) is 23.8 Å². The van der Waals surface area contributed by atoms with Gasteiger partial charge in [0.05, 0.1) is 28.3 Å². The number of hydrogen-bond donors (Lipinski definition) is 0. The first-order valence-corrected chi connectivity index (χ1v) is 10.9. The van der Waals surface area contributed by atoms with Gasteiger partial charge in [-0.05, 0) is 66.4 Å². The molecule has 32 heavy (non-hydrogen) atoms. The van der Waals surface area contributed by atoms with E-state index in [1.807, 2.05) is 0 Å². The SMILES string of the molecule is COC(=O)c1ccc(N=C2SC(=Cc3ccc(-c4ccc(Cl)cc4Cl)o3)C(=O)N2C)cc1. The molecule has 0 N–H and O–H groups in total. The Labute approximate surface area is 198 Å². The zero-order valence-electron chi connectivity index (χ0n) is 17.0. The van der Waals surface area contributed by atoms with Crippen LogP contribution >= 0.6 is 35.0 Å². The standard InChI is InChI=1S/C23H16Cl2N2O4S/c1-27-21(28)20(32-23(27)26-15-6-3-13(4-7-15)22(29)30-2)12-16-8-10-19(31-16)17-9-5-14(24)11-18(17)25/h3-12H,1-2H3. The lowest BCUT2D eigenvalue weighted by molar-refractivity contribution is -0.121. The van der Waals surface area contributed by atoms with Crippen molar-refractivity contribution in [2.24, 2.45) is 4.99 Å². The molecule has 6 nitrogen and oxygen atoms in total. The molecule has 0 bridgehead atoms. The number of thioether (sulfide) groups is 1. The van der Waals surface area contributed by atoms with Gasteiger partial charge in [-0.1, -0.05) is 23.2 Å². The van der Waals surface area contributed by atoms with Crippen LogP contribution in [0.3, 0.4) is 0 Å². The summed E-state index contributed by atoms with van der Waals surface area (Å²) in [6.07, 6.45) is 1.67. The number of amides is 1. The van der Waals surface area contributed by atoms with Crippen LogP contribution in [-0.4, -0.2) is 36.1 Å². The average molecular weight is 487 g/mol. The maximum absolute atomic E-state index is 12.7. The second-order valence-electron chi connectivity index (χ2n) is 6.73. The Morgan fingerprint density at radius 1 is 1.12 bits per heavy atom. The maximum Gasteiger partial charge on any atom is 0.337 e. The number of esters is 1. The molecule has 1 aromatic heterocycles. The fourth-order valence-corrected chi connectivity index (χ4v) is 4.41. The summed E-state index contributed by atoms with van der Waals surface area (Å²) in [6.45, 7) is 0. The third kappa shape index (κ3) is 4.60. The molecule has 0 radical (unpaired) electrons. The Hall–Kier alpha value is -3.00. The molecule has 2 heterocycles. The van der Waals surface area contributed by atoms with Crippen LogP contribution in [0.15, 0.2) is 68.9 Å². The first kappa shape index (κ1) is 22.2. The second kappa shape index (κ2) is 9.24. The molecule has 1 aliphatic heterocycles. The van der Waals surface area contributed by atoms with Crippen molar-refractivity contribution in [3.63, 3.8) is 0 Å². The molecule has 1 aliphatic rings. The lowest BCUT2D eigenvalue weighted by atomic mass is 10.2. The molecule has 9 heteroatoms. The minimum atomic E-state index is -0.422. The van der Waals surface area contributed by atoms with Crippen molar-refractivity contribution in [1.82, 2.24) is 4.90 Å². The number of furan rings is 1. The quantitative estimate of drug-likeness (QED) is 0.320. The number of aliphatic imine (C=N–C) groups is 1. The number of carbonyl (C=O) groups excluding carboxylic acids is 2. The van der Waals surface area contributed by atoms with E-state index in [0.717, 1.165) is 0 Å². The third-order valence-electron chi connectivity index (χ3n) is 4.61. The summed E-state index contributed by atoms with van der Waals surface area (Å²) < 4.78 is 10.6. The minimum absolute atomic E-state index is 0.192. The third-order valence-corrected chi connectivity index (χ3v) is 6.22. The lowest BCUT2D eigenvalue weighted by Crippen LogP contribution is -2.23. The molecule has 0 atom stereocenters. The number of ether oxygens (including phenoxy) is 1. The van der Waals surface area contributed by atoms with Gasteiger partial charge in [0.2, 0.25) is 0 Å². The Morgan fingerprint density at radius 2 is 1.88 bits per heavy atom. The molecule has 0 spiro atoms. The molecule has 2 aromatic carbocycles. The summed E-state index contributed by atoms with van der Waals surface area (Å²) in [6, 6.07) is 15.3. The first-order chi connectivity index (χ1) is 15.4. The molecule has 1 amide bonds. The Kier molecular flexibility index (Phi) is 6.41. The van der Waals surface area contributed by atoms with Gasteiger partial charge >= 0.3 is 5.97 Å². The molecular weight excluding hydrogens is 471 g/mol. The number of halogens is 2. The molecule has 1 fully saturated rings. The molecule has 0 aliphatic carbocycles. The molecule has 4 rings (SSSR count). The van der Waals surface area contributed by atoms with Crippen LogP contribution < -0.4 is 0 Å². The largest absolute Gasteiger partial charge is 0.465 e. The molecular formula is C23H16Cl2N2O4S. The fraction of sp³-hybridized carbons (Fsp3) is 0.0870. The predicted molar refractivity (Wildman–Crippen MR) is 127 cm³/mol. The smallest absolute Gasteiger partial charge is 0.337 e. The van der Waals surface area contributed by atoms with Crippen LogP contribution in [0, 0.1) is 0 Å². The highest BCUT2D eigenvalue weighted by atomic mass is 35.5. The first-order valence-electron chi connectivity index (χ1n) is 9.35. The Morgan fingerprint density at radius 3 is 2.56 bits per heavy atom. The van der Waals surface area contributed by atoms with E-state index in [4.69, 9.17) is 32.4 Å². The van der Waals surface area contributed by atoms with E-state index < -0.39 is 5.97 Å². The van der Waals surface area contributed by atoms with Crippen LogP contribution in [0.1, 0.15) is 16.1 Å². The monoisotopic (exact) mass is 486 g/mol. The lowest BCUT2D eigenvalue weighted by Gasteiger charge is -2.07. The van der Waals surface area contributed by atoms with E-state index in [0.29, 0.717) is 48.5 Å². The zero-order valence-corrected chi connectivity index (χ0v) is 19.3. The number of methoxy groups -OCH3 is 1.